The van der Waals surface area contributed by atoms with Crippen LogP contribution in [0.15, 0.2) is 54.7 Å². The molecule has 44 heavy (non-hydrogen) atoms. The summed E-state index contributed by atoms with van der Waals surface area (Å²) in [5.74, 6) is -4.94. The first-order valence-electron chi connectivity index (χ1n) is 14.1. The summed E-state index contributed by atoms with van der Waals surface area (Å²) >= 11 is 0. The maximum absolute atomic E-state index is 13.6. The maximum atomic E-state index is 13.6. The average molecular weight is 611 g/mol. The fourth-order valence-corrected chi connectivity index (χ4v) is 4.66. The first-order valence-corrected chi connectivity index (χ1v) is 14.1. The van der Waals surface area contributed by atoms with Gasteiger partial charge in [-0.3, -0.25) is 19.2 Å². The van der Waals surface area contributed by atoms with Gasteiger partial charge < -0.3 is 47.7 Å². The lowest BCUT2D eigenvalue weighted by Crippen LogP contribution is -2.58. The molecular formula is C30H38N6O8. The van der Waals surface area contributed by atoms with Crippen molar-refractivity contribution >= 4 is 40.6 Å². The molecule has 0 aliphatic rings. The van der Waals surface area contributed by atoms with Gasteiger partial charge in [0.2, 0.25) is 17.7 Å². The fraction of sp³-hybridized carbons (Fsp3) is 0.367. The van der Waals surface area contributed by atoms with Crippen LogP contribution >= 0.6 is 0 Å². The molecule has 0 aliphatic carbocycles. The number of rotatable bonds is 17. The molecule has 0 bridgehead atoms. The number of para-hydroxylation sites is 1. The number of aliphatic carboxylic acids is 2. The number of benzene rings is 2. The van der Waals surface area contributed by atoms with Crippen molar-refractivity contribution in [2.75, 3.05) is 6.54 Å². The van der Waals surface area contributed by atoms with Gasteiger partial charge in [0.05, 0.1) is 12.5 Å². The number of aromatic hydroxyl groups is 1. The van der Waals surface area contributed by atoms with E-state index in [2.05, 4.69) is 20.9 Å². The van der Waals surface area contributed by atoms with Crippen LogP contribution in [0, 0.1) is 0 Å². The maximum Gasteiger partial charge on any atom is 0.326 e. The van der Waals surface area contributed by atoms with Gasteiger partial charge in [-0.05, 0) is 55.1 Å². The number of nitrogens with two attached hydrogens (primary N) is 2. The Morgan fingerprint density at radius 1 is 0.795 bits per heavy atom. The minimum atomic E-state index is -1.43. The topological polar surface area (TPSA) is 250 Å². The second kappa shape index (κ2) is 16.0. The number of unbranched alkanes of at least 4 members (excludes halogenated alkanes) is 1. The molecule has 0 fully saturated rings. The standard InChI is InChI=1S/C30H38N6O8/c31-12-4-3-7-23(28(41)36-25(30(43)44)13-17-8-10-19(37)11-9-17)34-29(42)24(35-27(40)21(32)15-26(38)39)14-18-16-33-22-6-2-1-5-20(18)22/h1-2,5-6,8-11,16,21,23-25,33,37H,3-4,7,12-15,31-32H2,(H,34,42)(H,35,40)(H,36,41)(H,38,39)(H,43,44). The number of amides is 3. The number of aromatic amines is 1. The van der Waals surface area contributed by atoms with Crippen LogP contribution in [-0.4, -0.2) is 80.7 Å². The van der Waals surface area contributed by atoms with Crippen molar-refractivity contribution in [1.29, 1.82) is 0 Å². The number of carbonyl (C=O) groups is 5. The van der Waals surface area contributed by atoms with Crippen molar-refractivity contribution in [3.05, 3.63) is 65.9 Å². The number of carboxylic acid groups (broad SMARTS) is 2. The molecule has 0 saturated carbocycles. The molecule has 4 unspecified atom stereocenters. The van der Waals surface area contributed by atoms with Crippen LogP contribution in [0.5, 0.6) is 5.75 Å². The zero-order chi connectivity index (χ0) is 32.2. The summed E-state index contributed by atoms with van der Waals surface area (Å²) < 4.78 is 0. The summed E-state index contributed by atoms with van der Waals surface area (Å²) in [6, 6.07) is 7.98. The van der Waals surface area contributed by atoms with Crippen molar-refractivity contribution in [1.82, 2.24) is 20.9 Å². The molecule has 0 saturated heterocycles. The summed E-state index contributed by atoms with van der Waals surface area (Å²) in [5.41, 5.74) is 13.4. The number of phenols is 1. The smallest absolute Gasteiger partial charge is 0.326 e. The molecule has 3 amide bonds. The number of nitrogens with one attached hydrogen (secondary N) is 4. The molecule has 11 N–H and O–H groups in total. The van der Waals surface area contributed by atoms with E-state index in [9.17, 15) is 34.2 Å². The highest BCUT2D eigenvalue weighted by molar-refractivity contribution is 5.95. The minimum absolute atomic E-state index is 0.00513. The van der Waals surface area contributed by atoms with Gasteiger partial charge in [-0.25, -0.2) is 4.79 Å². The summed E-state index contributed by atoms with van der Waals surface area (Å²) in [6.45, 7) is 0.335. The average Bonchev–Trinajstić information content (AvgIpc) is 3.39. The van der Waals surface area contributed by atoms with Crippen molar-refractivity contribution in [3.63, 3.8) is 0 Å². The van der Waals surface area contributed by atoms with Gasteiger partial charge in [0, 0.05) is 29.9 Å². The number of hydrogen-bond acceptors (Lipinski definition) is 8. The van der Waals surface area contributed by atoms with E-state index in [1.54, 1.807) is 6.20 Å². The molecule has 1 aromatic heterocycles. The van der Waals surface area contributed by atoms with Gasteiger partial charge >= 0.3 is 11.9 Å². The number of H-pyrrole nitrogens is 1. The molecule has 0 radical (unpaired) electrons. The molecule has 3 aromatic rings. The Kier molecular flexibility index (Phi) is 12.2. The number of aromatic nitrogens is 1. The van der Waals surface area contributed by atoms with Crippen LogP contribution in [0.1, 0.15) is 36.8 Å². The van der Waals surface area contributed by atoms with E-state index in [4.69, 9.17) is 16.6 Å². The number of carboxylic acids is 2. The third-order valence-corrected chi connectivity index (χ3v) is 7.03. The van der Waals surface area contributed by atoms with Crippen molar-refractivity contribution in [2.45, 2.75) is 62.7 Å². The molecule has 236 valence electrons. The molecule has 2 aromatic carbocycles. The second-order valence-corrected chi connectivity index (χ2v) is 10.4. The van der Waals surface area contributed by atoms with E-state index in [-0.39, 0.29) is 25.0 Å². The highest BCUT2D eigenvalue weighted by Crippen LogP contribution is 2.19. The second-order valence-electron chi connectivity index (χ2n) is 10.4. The number of fused-ring (bicyclic) bond motifs is 1. The molecular weight excluding hydrogens is 572 g/mol. The van der Waals surface area contributed by atoms with Crippen LogP contribution in [0.3, 0.4) is 0 Å². The number of hydrogen-bond donors (Lipinski definition) is 9. The number of phenolic OH excluding ortho intramolecular Hbond substituents is 1. The van der Waals surface area contributed by atoms with E-state index < -0.39 is 60.2 Å². The predicted octanol–water partition coefficient (Wildman–Crippen LogP) is 0.129. The predicted molar refractivity (Wildman–Crippen MR) is 160 cm³/mol. The van der Waals surface area contributed by atoms with E-state index in [0.717, 1.165) is 10.9 Å². The van der Waals surface area contributed by atoms with E-state index in [0.29, 0.717) is 30.5 Å². The Bertz CT molecular complexity index is 1460. The van der Waals surface area contributed by atoms with Crippen LogP contribution < -0.4 is 27.4 Å². The van der Waals surface area contributed by atoms with E-state index >= 15 is 0 Å². The van der Waals surface area contributed by atoms with Gasteiger partial charge in [0.1, 0.15) is 23.9 Å². The van der Waals surface area contributed by atoms with Crippen LogP contribution in [-0.2, 0) is 36.8 Å². The Morgan fingerprint density at radius 2 is 1.43 bits per heavy atom. The Hall–Kier alpha value is -4.95. The van der Waals surface area contributed by atoms with Crippen LogP contribution in [0.25, 0.3) is 10.9 Å². The molecule has 0 spiro atoms. The van der Waals surface area contributed by atoms with Gasteiger partial charge in [0.25, 0.3) is 0 Å². The Balaban J connectivity index is 1.82. The zero-order valence-corrected chi connectivity index (χ0v) is 24.0. The van der Waals surface area contributed by atoms with Crippen LogP contribution in [0.2, 0.25) is 0 Å². The molecule has 14 heteroatoms. The fourth-order valence-electron chi connectivity index (χ4n) is 4.66. The minimum Gasteiger partial charge on any atom is -0.508 e. The lowest BCUT2D eigenvalue weighted by Gasteiger charge is -2.25. The monoisotopic (exact) mass is 610 g/mol. The van der Waals surface area contributed by atoms with E-state index in [1.807, 2.05) is 24.3 Å². The van der Waals surface area contributed by atoms with Gasteiger partial charge in [-0.2, -0.15) is 0 Å². The highest BCUT2D eigenvalue weighted by atomic mass is 16.4. The van der Waals surface area contributed by atoms with Crippen molar-refractivity contribution < 1.29 is 39.3 Å². The summed E-state index contributed by atoms with van der Waals surface area (Å²) in [7, 11) is 0. The lowest BCUT2D eigenvalue weighted by atomic mass is 10.0. The highest BCUT2D eigenvalue weighted by Gasteiger charge is 2.31. The molecule has 4 atom stereocenters. The molecule has 14 nitrogen and oxygen atoms in total. The molecule has 1 heterocycles. The summed E-state index contributed by atoms with van der Waals surface area (Å²) in [6.07, 6.45) is 2.04. The third kappa shape index (κ3) is 9.81. The third-order valence-electron chi connectivity index (χ3n) is 7.03. The first-order chi connectivity index (χ1) is 21.0. The Labute approximate surface area is 253 Å². The summed E-state index contributed by atoms with van der Waals surface area (Å²) in [4.78, 5) is 66.0. The van der Waals surface area contributed by atoms with Crippen molar-refractivity contribution in [3.8, 4) is 5.75 Å². The number of carbonyl (C=O) groups excluding carboxylic acids is 3. The van der Waals surface area contributed by atoms with E-state index in [1.165, 1.54) is 24.3 Å². The van der Waals surface area contributed by atoms with Gasteiger partial charge in [0.15, 0.2) is 0 Å². The SMILES string of the molecule is NCCCCC(NC(=O)C(Cc1c[nH]c2ccccc12)NC(=O)C(N)CC(=O)O)C(=O)NC(Cc1ccc(O)cc1)C(=O)O. The van der Waals surface area contributed by atoms with Gasteiger partial charge in [-0.15, -0.1) is 0 Å². The largest absolute Gasteiger partial charge is 0.508 e. The molecule has 0 aliphatic heterocycles. The Morgan fingerprint density at radius 3 is 2.09 bits per heavy atom. The van der Waals surface area contributed by atoms with Crippen molar-refractivity contribution in [2.24, 2.45) is 11.5 Å². The normalized spacial score (nSPS) is 13.8. The molecule has 3 rings (SSSR count). The van der Waals surface area contributed by atoms with Gasteiger partial charge in [-0.1, -0.05) is 30.3 Å². The quantitative estimate of drug-likeness (QED) is 0.0934. The first kappa shape index (κ1) is 33.6. The lowest BCUT2D eigenvalue weighted by molar-refractivity contribution is -0.142. The summed E-state index contributed by atoms with van der Waals surface area (Å²) in [5, 5.41) is 36.8. The zero-order valence-electron chi connectivity index (χ0n) is 24.0. The van der Waals surface area contributed by atoms with Crippen LogP contribution in [0.4, 0.5) is 0 Å².